The van der Waals surface area contributed by atoms with Crippen LogP contribution in [0.3, 0.4) is 0 Å². The van der Waals surface area contributed by atoms with Gasteiger partial charge in [-0.15, -0.1) is 0 Å². The molecule has 0 aliphatic carbocycles. The molecule has 3 amide bonds. The van der Waals surface area contributed by atoms with Crippen LogP contribution in [0.4, 0.5) is 0 Å². The van der Waals surface area contributed by atoms with Crippen LogP contribution in [0.1, 0.15) is 45.1 Å². The lowest BCUT2D eigenvalue weighted by atomic mass is 10.00. The van der Waals surface area contributed by atoms with Crippen LogP contribution in [0.15, 0.2) is 34.3 Å². The lowest BCUT2D eigenvalue weighted by Gasteiger charge is -2.27. The maximum atomic E-state index is 13.3. The van der Waals surface area contributed by atoms with Crippen LogP contribution in [-0.4, -0.2) is 83.1 Å². The first kappa shape index (κ1) is 35.4. The van der Waals surface area contributed by atoms with E-state index in [2.05, 4.69) is 25.9 Å². The summed E-state index contributed by atoms with van der Waals surface area (Å²) in [5.41, 5.74) is 27.8. The number of phenolic OH excluding ortho intramolecular Hbond substituents is 1. The molecule has 15 N–H and O–H groups in total. The number of carboxylic acids is 1. The third-order valence-electron chi connectivity index (χ3n) is 6.12. The smallest absolute Gasteiger partial charge is 0.326 e. The number of rotatable bonds is 18. The fourth-order valence-electron chi connectivity index (χ4n) is 3.82. The van der Waals surface area contributed by atoms with Gasteiger partial charge in [0, 0.05) is 19.5 Å². The number of carbonyl (C=O) groups excluding carboxylic acids is 3. The van der Waals surface area contributed by atoms with Crippen LogP contribution < -0.4 is 44.6 Å². The van der Waals surface area contributed by atoms with E-state index in [-0.39, 0.29) is 50.0 Å². The van der Waals surface area contributed by atoms with Crippen molar-refractivity contribution in [3.8, 4) is 5.75 Å². The van der Waals surface area contributed by atoms with Gasteiger partial charge in [0.25, 0.3) is 0 Å². The molecule has 1 rings (SSSR count). The Labute approximate surface area is 244 Å². The zero-order chi connectivity index (χ0) is 31.8. The molecule has 4 atom stereocenters. The van der Waals surface area contributed by atoms with Gasteiger partial charge in [-0.25, -0.2) is 4.79 Å². The zero-order valence-electron chi connectivity index (χ0n) is 24.0. The third-order valence-corrected chi connectivity index (χ3v) is 6.12. The molecule has 0 radical (unpaired) electrons. The van der Waals surface area contributed by atoms with Gasteiger partial charge < -0.3 is 54.8 Å². The van der Waals surface area contributed by atoms with E-state index in [4.69, 9.17) is 28.7 Å². The first-order valence-electron chi connectivity index (χ1n) is 13.5. The first-order chi connectivity index (χ1) is 19.7. The largest absolute Gasteiger partial charge is 0.508 e. The fraction of sp³-hybridized carbons (Fsp3) is 0.538. The minimum Gasteiger partial charge on any atom is -0.508 e. The number of hydrogen-bond acceptors (Lipinski definition) is 8. The number of aromatic hydroxyl groups is 1. The molecular formula is C26H44N10O6. The zero-order valence-corrected chi connectivity index (χ0v) is 24.0. The fourth-order valence-corrected chi connectivity index (χ4v) is 3.82. The minimum atomic E-state index is -1.30. The molecule has 0 spiro atoms. The summed E-state index contributed by atoms with van der Waals surface area (Å²) in [5, 5.41) is 26.9. The highest BCUT2D eigenvalue weighted by atomic mass is 16.4. The average Bonchev–Trinajstić information content (AvgIpc) is 2.91. The van der Waals surface area contributed by atoms with Crippen LogP contribution in [0.2, 0.25) is 0 Å². The van der Waals surface area contributed by atoms with Crippen molar-refractivity contribution < 1.29 is 29.4 Å². The van der Waals surface area contributed by atoms with Gasteiger partial charge in [-0.1, -0.05) is 26.0 Å². The summed E-state index contributed by atoms with van der Waals surface area (Å²) in [6.45, 7) is 3.83. The van der Waals surface area contributed by atoms with Crippen molar-refractivity contribution in [3.05, 3.63) is 29.8 Å². The van der Waals surface area contributed by atoms with E-state index in [9.17, 15) is 29.4 Å². The molecule has 234 valence electrons. The van der Waals surface area contributed by atoms with Gasteiger partial charge in [0.15, 0.2) is 11.9 Å². The SMILES string of the molecule is CC(C)C(NC(=O)C(CCCN=C(N)N)NC(=O)C(N)CCCN=C(N)N)C(=O)NC(Cc1ccc(O)cc1)C(=O)O. The van der Waals surface area contributed by atoms with Gasteiger partial charge in [-0.05, 0) is 49.3 Å². The van der Waals surface area contributed by atoms with E-state index in [1.807, 2.05) is 0 Å². The summed E-state index contributed by atoms with van der Waals surface area (Å²) in [5.74, 6) is -3.87. The molecule has 0 aliphatic rings. The minimum absolute atomic E-state index is 0.0177. The molecule has 0 saturated carbocycles. The molecule has 16 heteroatoms. The number of aliphatic imine (C=N–C) groups is 2. The van der Waals surface area contributed by atoms with Crippen molar-refractivity contribution >= 4 is 35.6 Å². The molecule has 0 heterocycles. The molecule has 1 aromatic carbocycles. The summed E-state index contributed by atoms with van der Waals surface area (Å²) in [6, 6.07) is 1.44. The number of nitrogens with two attached hydrogens (primary N) is 5. The molecule has 0 bridgehead atoms. The number of benzene rings is 1. The summed E-state index contributed by atoms with van der Waals surface area (Å²) in [6.07, 6.45) is 1.07. The normalized spacial score (nSPS) is 13.6. The van der Waals surface area contributed by atoms with Crippen molar-refractivity contribution in [2.45, 2.75) is 70.1 Å². The van der Waals surface area contributed by atoms with E-state index < -0.39 is 53.8 Å². The Morgan fingerprint density at radius 3 is 1.81 bits per heavy atom. The summed E-state index contributed by atoms with van der Waals surface area (Å²) >= 11 is 0. The molecule has 0 aromatic heterocycles. The Balaban J connectivity index is 2.98. The molecule has 1 aromatic rings. The molecule has 0 fully saturated rings. The molecule has 0 aliphatic heterocycles. The molecule has 4 unspecified atom stereocenters. The molecular weight excluding hydrogens is 548 g/mol. The lowest BCUT2D eigenvalue weighted by Crippen LogP contribution is -2.58. The Hall–Kier alpha value is -4.60. The highest BCUT2D eigenvalue weighted by Gasteiger charge is 2.32. The molecule has 42 heavy (non-hydrogen) atoms. The van der Waals surface area contributed by atoms with E-state index in [0.717, 1.165) is 0 Å². The van der Waals surface area contributed by atoms with E-state index in [0.29, 0.717) is 18.4 Å². The summed E-state index contributed by atoms with van der Waals surface area (Å²) in [7, 11) is 0. The third kappa shape index (κ3) is 13.6. The summed E-state index contributed by atoms with van der Waals surface area (Å²) in [4.78, 5) is 58.8. The van der Waals surface area contributed by atoms with Gasteiger partial charge in [-0.2, -0.15) is 0 Å². The van der Waals surface area contributed by atoms with Gasteiger partial charge in [0.1, 0.15) is 23.9 Å². The number of amides is 3. The summed E-state index contributed by atoms with van der Waals surface area (Å²) < 4.78 is 0. The van der Waals surface area contributed by atoms with Crippen molar-refractivity contribution in [3.63, 3.8) is 0 Å². The van der Waals surface area contributed by atoms with Crippen LogP contribution in [-0.2, 0) is 25.6 Å². The first-order valence-corrected chi connectivity index (χ1v) is 13.5. The maximum Gasteiger partial charge on any atom is 0.326 e. The van der Waals surface area contributed by atoms with Gasteiger partial charge in [-0.3, -0.25) is 24.4 Å². The van der Waals surface area contributed by atoms with E-state index in [1.165, 1.54) is 12.1 Å². The van der Waals surface area contributed by atoms with Crippen LogP contribution in [0.5, 0.6) is 5.75 Å². The topological polar surface area (TPSA) is 300 Å². The maximum absolute atomic E-state index is 13.3. The number of aliphatic carboxylic acids is 1. The van der Waals surface area contributed by atoms with E-state index >= 15 is 0 Å². The van der Waals surface area contributed by atoms with Crippen molar-refractivity contribution in [1.29, 1.82) is 0 Å². The van der Waals surface area contributed by atoms with Crippen molar-refractivity contribution in [2.24, 2.45) is 44.6 Å². The van der Waals surface area contributed by atoms with Crippen LogP contribution >= 0.6 is 0 Å². The number of guanidine groups is 2. The number of nitrogens with zero attached hydrogens (tertiary/aromatic N) is 2. The number of carboxylic acid groups (broad SMARTS) is 1. The Morgan fingerprint density at radius 2 is 1.31 bits per heavy atom. The predicted octanol–water partition coefficient (Wildman–Crippen LogP) is -2.44. The molecule has 16 nitrogen and oxygen atoms in total. The second kappa shape index (κ2) is 18.0. The standard InChI is InChI=1S/C26H44N10O6/c1-14(2)20(23(40)35-19(24(41)42)13-15-7-9-16(37)10-8-15)36-22(39)18(6-4-12-33-26(30)31)34-21(38)17(27)5-3-11-32-25(28)29/h7-10,14,17-20,37H,3-6,11-13,27H2,1-2H3,(H,34,38)(H,35,40)(H,36,39)(H,41,42)(H4,28,29,32)(H4,30,31,33). The van der Waals surface area contributed by atoms with Crippen LogP contribution in [0.25, 0.3) is 0 Å². The number of phenols is 1. The second-order valence-corrected chi connectivity index (χ2v) is 10.1. The van der Waals surface area contributed by atoms with Crippen molar-refractivity contribution in [2.75, 3.05) is 13.1 Å². The van der Waals surface area contributed by atoms with Gasteiger partial charge in [0.2, 0.25) is 17.7 Å². The Morgan fingerprint density at radius 1 is 0.786 bits per heavy atom. The monoisotopic (exact) mass is 592 g/mol. The number of nitrogens with one attached hydrogen (secondary N) is 3. The van der Waals surface area contributed by atoms with Gasteiger partial charge in [0.05, 0.1) is 6.04 Å². The highest BCUT2D eigenvalue weighted by Crippen LogP contribution is 2.12. The Kier molecular flexibility index (Phi) is 15.1. The average molecular weight is 593 g/mol. The molecule has 0 saturated heterocycles. The van der Waals surface area contributed by atoms with Crippen molar-refractivity contribution in [1.82, 2.24) is 16.0 Å². The van der Waals surface area contributed by atoms with Gasteiger partial charge >= 0.3 is 5.97 Å². The second-order valence-electron chi connectivity index (χ2n) is 10.1. The van der Waals surface area contributed by atoms with E-state index in [1.54, 1.807) is 26.0 Å². The number of carbonyl (C=O) groups is 4. The highest BCUT2D eigenvalue weighted by molar-refractivity contribution is 5.94. The number of hydrogen-bond donors (Lipinski definition) is 10. The van der Waals surface area contributed by atoms with Crippen LogP contribution in [0, 0.1) is 5.92 Å². The quantitative estimate of drug-likeness (QED) is 0.0485. The Bertz CT molecular complexity index is 1100. The predicted molar refractivity (Wildman–Crippen MR) is 158 cm³/mol. The lowest BCUT2D eigenvalue weighted by molar-refractivity contribution is -0.142.